The van der Waals surface area contributed by atoms with Crippen molar-refractivity contribution < 1.29 is 13.9 Å². The van der Waals surface area contributed by atoms with Crippen LogP contribution in [0, 0.1) is 6.92 Å². The third kappa shape index (κ3) is 5.46. The summed E-state index contributed by atoms with van der Waals surface area (Å²) in [5.74, 6) is 0.724. The Bertz CT molecular complexity index is 1980. The Morgan fingerprint density at radius 1 is 1.02 bits per heavy atom. The molecule has 0 saturated carbocycles. The van der Waals surface area contributed by atoms with Crippen LogP contribution in [0.15, 0.2) is 111 Å². The van der Waals surface area contributed by atoms with Gasteiger partial charge in [-0.25, -0.2) is 4.98 Å². The van der Waals surface area contributed by atoms with Crippen LogP contribution in [-0.4, -0.2) is 28.4 Å². The number of carbonyl (C=O) groups excluding carboxylic acids is 1. The van der Waals surface area contributed by atoms with Gasteiger partial charge >= 0.3 is 0 Å². The number of ether oxygens (including phenoxy) is 1. The van der Waals surface area contributed by atoms with E-state index in [1.54, 1.807) is 36.4 Å². The maximum atomic E-state index is 13.5. The van der Waals surface area contributed by atoms with Gasteiger partial charge in [0.25, 0.3) is 11.5 Å². The molecule has 9 heteroatoms. The fraction of sp³-hybridized carbons (Fsp3) is 0.0625. The van der Waals surface area contributed by atoms with E-state index in [0.29, 0.717) is 38.6 Å². The van der Waals surface area contributed by atoms with Crippen LogP contribution < -0.4 is 15.6 Å². The minimum absolute atomic E-state index is 0.208. The lowest BCUT2D eigenvalue weighted by molar-refractivity contribution is -0.118. The molecule has 0 aliphatic heterocycles. The van der Waals surface area contributed by atoms with Gasteiger partial charge in [0.2, 0.25) is 5.82 Å². The summed E-state index contributed by atoms with van der Waals surface area (Å²) in [6.07, 6.45) is 1.50. The maximum Gasteiger partial charge on any atom is 0.282 e. The van der Waals surface area contributed by atoms with Crippen molar-refractivity contribution in [1.82, 2.24) is 9.66 Å². The average Bonchev–Trinajstić information content (AvgIpc) is 3.42. The number of hydrogen-bond acceptors (Lipinski definition) is 6. The minimum atomic E-state index is -0.340. The van der Waals surface area contributed by atoms with E-state index in [9.17, 15) is 9.59 Å². The van der Waals surface area contributed by atoms with E-state index >= 15 is 0 Å². The third-order valence-electron chi connectivity index (χ3n) is 6.46. The van der Waals surface area contributed by atoms with Crippen molar-refractivity contribution in [3.63, 3.8) is 0 Å². The Balaban J connectivity index is 1.26. The molecule has 2 aromatic heterocycles. The van der Waals surface area contributed by atoms with Crippen molar-refractivity contribution in [1.29, 1.82) is 0 Å². The van der Waals surface area contributed by atoms with Gasteiger partial charge in [-0.15, -0.1) is 0 Å². The van der Waals surface area contributed by atoms with E-state index in [0.717, 1.165) is 16.6 Å². The predicted molar refractivity (Wildman–Crippen MR) is 161 cm³/mol. The van der Waals surface area contributed by atoms with Crippen molar-refractivity contribution in [2.75, 3.05) is 11.9 Å². The smallest absolute Gasteiger partial charge is 0.282 e. The molecule has 6 aromatic rings. The van der Waals surface area contributed by atoms with E-state index in [1.807, 2.05) is 67.6 Å². The van der Waals surface area contributed by atoms with Gasteiger partial charge in [0, 0.05) is 11.1 Å². The standard InChI is InChI=1S/C32H23ClN4O4/c1-20-8-2-5-11-25(20)35-30(38)19-40-28-15-14-21(16-24(28)33)18-34-37-31(29-17-22-9-3-7-13-27(22)41-29)36-26-12-6-4-10-23(26)32(37)39/h2-18H,19H2,1H3,(H,35,38). The van der Waals surface area contributed by atoms with Gasteiger partial charge in [-0.2, -0.15) is 9.78 Å². The Labute approximate surface area is 239 Å². The molecule has 1 N–H and O–H groups in total. The van der Waals surface area contributed by atoms with Crippen molar-refractivity contribution in [2.24, 2.45) is 5.10 Å². The summed E-state index contributed by atoms with van der Waals surface area (Å²) >= 11 is 6.45. The normalized spacial score (nSPS) is 11.4. The number of nitrogens with one attached hydrogen (secondary N) is 1. The molecule has 0 fully saturated rings. The van der Waals surface area contributed by atoms with Crippen LogP contribution >= 0.6 is 11.6 Å². The number of benzene rings is 4. The van der Waals surface area contributed by atoms with E-state index in [4.69, 9.17) is 25.7 Å². The van der Waals surface area contributed by atoms with Crippen LogP contribution in [0.3, 0.4) is 0 Å². The highest BCUT2D eigenvalue weighted by molar-refractivity contribution is 6.32. The molecule has 0 spiro atoms. The fourth-order valence-corrected chi connectivity index (χ4v) is 4.61. The zero-order chi connectivity index (χ0) is 28.3. The lowest BCUT2D eigenvalue weighted by Gasteiger charge is -2.11. The van der Waals surface area contributed by atoms with Crippen molar-refractivity contribution in [3.8, 4) is 17.3 Å². The molecule has 41 heavy (non-hydrogen) atoms. The van der Waals surface area contributed by atoms with Gasteiger partial charge in [0.1, 0.15) is 11.3 Å². The highest BCUT2D eigenvalue weighted by Gasteiger charge is 2.16. The molecule has 0 bridgehead atoms. The number of aromatic nitrogens is 2. The Morgan fingerprint density at radius 3 is 2.63 bits per heavy atom. The zero-order valence-corrected chi connectivity index (χ0v) is 22.6. The van der Waals surface area contributed by atoms with E-state index in [-0.39, 0.29) is 23.9 Å². The molecule has 2 heterocycles. The number of aryl methyl sites for hydroxylation is 1. The first-order chi connectivity index (χ1) is 20.0. The summed E-state index contributed by atoms with van der Waals surface area (Å²) in [7, 11) is 0. The largest absolute Gasteiger partial charge is 0.482 e. The molecule has 0 aliphatic rings. The molecule has 1 amide bonds. The fourth-order valence-electron chi connectivity index (χ4n) is 4.36. The van der Waals surface area contributed by atoms with Crippen LogP contribution in [0.5, 0.6) is 5.75 Å². The van der Waals surface area contributed by atoms with Gasteiger partial charge in [-0.3, -0.25) is 9.59 Å². The molecule has 0 saturated heterocycles. The molecule has 202 valence electrons. The van der Waals surface area contributed by atoms with Gasteiger partial charge in [-0.05, 0) is 66.6 Å². The van der Waals surface area contributed by atoms with Gasteiger partial charge in [0.15, 0.2) is 12.4 Å². The number of halogens is 1. The second-order valence-corrected chi connectivity index (χ2v) is 9.71. The summed E-state index contributed by atoms with van der Waals surface area (Å²) in [5, 5.41) is 8.89. The number of furan rings is 1. The summed E-state index contributed by atoms with van der Waals surface area (Å²) in [4.78, 5) is 30.5. The number of rotatable bonds is 7. The lowest BCUT2D eigenvalue weighted by Crippen LogP contribution is -2.20. The van der Waals surface area contributed by atoms with E-state index < -0.39 is 0 Å². The number of para-hydroxylation sites is 3. The van der Waals surface area contributed by atoms with Crippen LogP contribution in [0.2, 0.25) is 5.02 Å². The Hall–Kier alpha value is -5.21. The molecule has 0 radical (unpaired) electrons. The number of fused-ring (bicyclic) bond motifs is 2. The van der Waals surface area contributed by atoms with Crippen LogP contribution in [-0.2, 0) is 4.79 Å². The minimum Gasteiger partial charge on any atom is -0.482 e. The molecule has 0 unspecified atom stereocenters. The molecule has 4 aromatic carbocycles. The second-order valence-electron chi connectivity index (χ2n) is 9.30. The zero-order valence-electron chi connectivity index (χ0n) is 21.9. The van der Waals surface area contributed by atoms with E-state index in [2.05, 4.69) is 10.4 Å². The first-order valence-electron chi connectivity index (χ1n) is 12.8. The van der Waals surface area contributed by atoms with Crippen LogP contribution in [0.25, 0.3) is 33.5 Å². The molecular weight excluding hydrogens is 540 g/mol. The van der Waals surface area contributed by atoms with Crippen molar-refractivity contribution >= 4 is 51.3 Å². The SMILES string of the molecule is Cc1ccccc1NC(=O)COc1ccc(C=Nn2c(-c3cc4ccccc4o3)nc3ccccc3c2=O)cc1Cl. The Morgan fingerprint density at radius 2 is 1.80 bits per heavy atom. The topological polar surface area (TPSA) is 98.7 Å². The summed E-state index contributed by atoms with van der Waals surface area (Å²) in [5.41, 5.74) is 3.16. The average molecular weight is 563 g/mol. The van der Waals surface area contributed by atoms with Crippen molar-refractivity contribution in [2.45, 2.75) is 6.92 Å². The first-order valence-corrected chi connectivity index (χ1v) is 13.2. The van der Waals surface area contributed by atoms with Gasteiger partial charge in [0.05, 0.1) is 22.1 Å². The highest BCUT2D eigenvalue weighted by Crippen LogP contribution is 2.28. The third-order valence-corrected chi connectivity index (χ3v) is 6.75. The van der Waals surface area contributed by atoms with E-state index in [1.165, 1.54) is 10.9 Å². The highest BCUT2D eigenvalue weighted by atomic mass is 35.5. The number of anilines is 1. The summed E-state index contributed by atoms with van der Waals surface area (Å²) < 4.78 is 12.9. The molecule has 6 rings (SSSR count). The van der Waals surface area contributed by atoms with Crippen LogP contribution in [0.1, 0.15) is 11.1 Å². The summed E-state index contributed by atoms with van der Waals surface area (Å²) in [6, 6.07) is 29.0. The Kier molecular flexibility index (Phi) is 7.06. The molecule has 0 aliphatic carbocycles. The van der Waals surface area contributed by atoms with Crippen molar-refractivity contribution in [3.05, 3.63) is 124 Å². The number of amides is 1. The molecular formula is C32H23ClN4O4. The molecule has 0 atom stereocenters. The first kappa shape index (κ1) is 26.0. The number of hydrogen-bond donors (Lipinski definition) is 1. The van der Waals surface area contributed by atoms with Gasteiger partial charge < -0.3 is 14.5 Å². The predicted octanol–water partition coefficient (Wildman–Crippen LogP) is 6.67. The molecule has 8 nitrogen and oxygen atoms in total. The second kappa shape index (κ2) is 11.1. The quantitative estimate of drug-likeness (QED) is 0.219. The van der Waals surface area contributed by atoms with Gasteiger partial charge in [-0.1, -0.05) is 60.1 Å². The number of nitrogens with zero attached hydrogens (tertiary/aromatic N) is 3. The monoisotopic (exact) mass is 562 g/mol. The maximum absolute atomic E-state index is 13.5. The van der Waals surface area contributed by atoms with Crippen LogP contribution in [0.4, 0.5) is 5.69 Å². The lowest BCUT2D eigenvalue weighted by atomic mass is 10.2. The number of carbonyl (C=O) groups is 1. The summed E-state index contributed by atoms with van der Waals surface area (Å²) in [6.45, 7) is 1.70.